The van der Waals surface area contributed by atoms with Gasteiger partial charge in [-0.2, -0.15) is 0 Å². The zero-order valence-corrected chi connectivity index (χ0v) is 10.1. The van der Waals surface area contributed by atoms with Gasteiger partial charge in [-0.15, -0.1) is 0 Å². The van der Waals surface area contributed by atoms with Gasteiger partial charge in [0.05, 0.1) is 6.20 Å². The Bertz CT molecular complexity index is 373. The molecular formula is C9H14BrN3O. The largest absolute Gasteiger partial charge is 0.363 e. The van der Waals surface area contributed by atoms with E-state index in [2.05, 4.69) is 26.2 Å². The molecule has 0 unspecified atom stereocenters. The molecule has 0 atom stereocenters. The van der Waals surface area contributed by atoms with E-state index in [1.807, 2.05) is 20.8 Å². The van der Waals surface area contributed by atoms with Crippen LogP contribution in [-0.4, -0.2) is 15.6 Å². The lowest BCUT2D eigenvalue weighted by atomic mass is 10.4. The molecule has 0 saturated carbocycles. The molecule has 0 aliphatic heterocycles. The van der Waals surface area contributed by atoms with E-state index in [-0.39, 0.29) is 11.6 Å². The Morgan fingerprint density at radius 3 is 2.79 bits per heavy atom. The molecule has 0 saturated heterocycles. The van der Waals surface area contributed by atoms with Gasteiger partial charge < -0.3 is 5.32 Å². The van der Waals surface area contributed by atoms with Crippen LogP contribution in [0, 0.1) is 0 Å². The van der Waals surface area contributed by atoms with Crippen LogP contribution in [0.5, 0.6) is 0 Å². The first-order valence-electron chi connectivity index (χ1n) is 4.58. The maximum Gasteiger partial charge on any atom is 0.294 e. The first-order chi connectivity index (χ1) is 6.56. The lowest BCUT2D eigenvalue weighted by Gasteiger charge is -2.11. The number of rotatable bonds is 3. The van der Waals surface area contributed by atoms with Gasteiger partial charge in [0, 0.05) is 12.6 Å². The van der Waals surface area contributed by atoms with Crippen molar-refractivity contribution in [1.82, 2.24) is 9.55 Å². The summed E-state index contributed by atoms with van der Waals surface area (Å²) in [7, 11) is 0. The van der Waals surface area contributed by atoms with Crippen molar-refractivity contribution in [1.29, 1.82) is 0 Å². The van der Waals surface area contributed by atoms with Crippen LogP contribution in [0.3, 0.4) is 0 Å². The fourth-order valence-electron chi connectivity index (χ4n) is 1.13. The van der Waals surface area contributed by atoms with Crippen LogP contribution in [0.1, 0.15) is 20.8 Å². The quantitative estimate of drug-likeness (QED) is 0.902. The normalized spacial score (nSPS) is 10.6. The maximum atomic E-state index is 11.8. The van der Waals surface area contributed by atoms with E-state index in [1.165, 1.54) is 0 Å². The average Bonchev–Trinajstić information content (AvgIpc) is 2.10. The van der Waals surface area contributed by atoms with Crippen molar-refractivity contribution >= 4 is 21.7 Å². The number of anilines is 1. The zero-order valence-electron chi connectivity index (χ0n) is 8.54. The van der Waals surface area contributed by atoms with E-state index >= 15 is 0 Å². The Kier molecular flexibility index (Phi) is 3.69. The lowest BCUT2D eigenvalue weighted by molar-refractivity contribution is 0.697. The summed E-state index contributed by atoms with van der Waals surface area (Å²) in [6, 6.07) is 0.210. The van der Waals surface area contributed by atoms with Gasteiger partial charge in [0.25, 0.3) is 5.56 Å². The van der Waals surface area contributed by atoms with Crippen molar-refractivity contribution in [3.05, 3.63) is 21.2 Å². The Morgan fingerprint density at radius 2 is 2.29 bits per heavy atom. The molecule has 0 aliphatic rings. The fraction of sp³-hybridized carbons (Fsp3) is 0.556. The van der Waals surface area contributed by atoms with Crippen LogP contribution in [0.15, 0.2) is 15.6 Å². The van der Waals surface area contributed by atoms with E-state index in [1.54, 1.807) is 10.8 Å². The van der Waals surface area contributed by atoms with E-state index in [0.717, 1.165) is 0 Å². The van der Waals surface area contributed by atoms with Gasteiger partial charge in [0.2, 0.25) is 0 Å². The molecule has 14 heavy (non-hydrogen) atoms. The summed E-state index contributed by atoms with van der Waals surface area (Å²) in [4.78, 5) is 15.8. The molecule has 0 radical (unpaired) electrons. The summed E-state index contributed by atoms with van der Waals surface area (Å²) in [6.45, 7) is 6.50. The Hall–Kier alpha value is -0.840. The third kappa shape index (κ3) is 2.35. The van der Waals surface area contributed by atoms with Crippen molar-refractivity contribution in [3.63, 3.8) is 0 Å². The van der Waals surface area contributed by atoms with Gasteiger partial charge in [0.1, 0.15) is 4.60 Å². The average molecular weight is 260 g/mol. The fourth-order valence-corrected chi connectivity index (χ4v) is 1.65. The van der Waals surface area contributed by atoms with Crippen molar-refractivity contribution in [3.8, 4) is 0 Å². The Morgan fingerprint density at radius 1 is 1.64 bits per heavy atom. The molecule has 1 N–H and O–H groups in total. The second-order valence-corrected chi connectivity index (χ2v) is 4.09. The molecule has 0 bridgehead atoms. The molecule has 1 aromatic rings. The highest BCUT2D eigenvalue weighted by Gasteiger charge is 2.07. The first kappa shape index (κ1) is 11.2. The van der Waals surface area contributed by atoms with E-state index < -0.39 is 0 Å². The number of nitrogens with one attached hydrogen (secondary N) is 1. The Balaban J connectivity index is 3.15. The minimum Gasteiger partial charge on any atom is -0.363 e. The second-order valence-electron chi connectivity index (χ2n) is 3.28. The van der Waals surface area contributed by atoms with Gasteiger partial charge in [-0.1, -0.05) is 0 Å². The van der Waals surface area contributed by atoms with Crippen LogP contribution in [0.25, 0.3) is 0 Å². The zero-order chi connectivity index (χ0) is 10.7. The van der Waals surface area contributed by atoms with Crippen LogP contribution in [-0.2, 0) is 6.54 Å². The standard InChI is InChI=1S/C9H14BrN3O/c1-4-13-7(10)5-11-8(9(13)14)12-6(2)3/h5-6H,4H2,1-3H3,(H,11,12). The van der Waals surface area contributed by atoms with Crippen LogP contribution in [0.4, 0.5) is 5.82 Å². The summed E-state index contributed by atoms with van der Waals surface area (Å²) in [5.41, 5.74) is -0.0874. The van der Waals surface area contributed by atoms with Gasteiger partial charge >= 0.3 is 0 Å². The van der Waals surface area contributed by atoms with Gasteiger partial charge in [0.15, 0.2) is 5.82 Å². The highest BCUT2D eigenvalue weighted by Crippen LogP contribution is 2.07. The summed E-state index contributed by atoms with van der Waals surface area (Å²) < 4.78 is 2.33. The monoisotopic (exact) mass is 259 g/mol. The molecule has 1 rings (SSSR count). The molecule has 1 aromatic heterocycles. The smallest absolute Gasteiger partial charge is 0.294 e. The summed E-state index contributed by atoms with van der Waals surface area (Å²) >= 11 is 3.28. The van der Waals surface area contributed by atoms with Crippen molar-refractivity contribution in [2.24, 2.45) is 0 Å². The topological polar surface area (TPSA) is 46.9 Å². The highest BCUT2D eigenvalue weighted by molar-refractivity contribution is 9.10. The summed E-state index contributed by atoms with van der Waals surface area (Å²) in [5.74, 6) is 0.407. The summed E-state index contributed by atoms with van der Waals surface area (Å²) in [6.07, 6.45) is 1.63. The Labute approximate surface area is 91.5 Å². The van der Waals surface area contributed by atoms with Crippen LogP contribution < -0.4 is 10.9 Å². The van der Waals surface area contributed by atoms with E-state index in [0.29, 0.717) is 17.0 Å². The maximum absolute atomic E-state index is 11.8. The van der Waals surface area contributed by atoms with Gasteiger partial charge in [-0.3, -0.25) is 9.36 Å². The minimum atomic E-state index is -0.0874. The third-order valence-electron chi connectivity index (χ3n) is 1.75. The van der Waals surface area contributed by atoms with Crippen LogP contribution in [0.2, 0.25) is 0 Å². The van der Waals surface area contributed by atoms with E-state index in [9.17, 15) is 4.79 Å². The molecule has 0 aromatic carbocycles. The predicted molar refractivity (Wildman–Crippen MR) is 60.6 cm³/mol. The molecule has 0 spiro atoms. The molecule has 4 nitrogen and oxygen atoms in total. The molecule has 78 valence electrons. The molecule has 0 fully saturated rings. The van der Waals surface area contributed by atoms with Gasteiger partial charge in [-0.05, 0) is 36.7 Å². The predicted octanol–water partition coefficient (Wildman–Crippen LogP) is 1.85. The molecule has 5 heteroatoms. The first-order valence-corrected chi connectivity index (χ1v) is 5.37. The molecule has 0 amide bonds. The van der Waals surface area contributed by atoms with Gasteiger partial charge in [-0.25, -0.2) is 4.98 Å². The number of aromatic nitrogens is 2. The number of halogens is 1. The highest BCUT2D eigenvalue weighted by atomic mass is 79.9. The van der Waals surface area contributed by atoms with E-state index in [4.69, 9.17) is 0 Å². The molecule has 1 heterocycles. The number of hydrogen-bond acceptors (Lipinski definition) is 3. The molecular weight excluding hydrogens is 246 g/mol. The van der Waals surface area contributed by atoms with Crippen molar-refractivity contribution in [2.75, 3.05) is 5.32 Å². The number of hydrogen-bond donors (Lipinski definition) is 1. The third-order valence-corrected chi connectivity index (χ3v) is 2.38. The van der Waals surface area contributed by atoms with Crippen molar-refractivity contribution < 1.29 is 0 Å². The molecule has 0 aliphatic carbocycles. The van der Waals surface area contributed by atoms with Crippen LogP contribution >= 0.6 is 15.9 Å². The minimum absolute atomic E-state index is 0.0874. The lowest BCUT2D eigenvalue weighted by Crippen LogP contribution is -2.27. The summed E-state index contributed by atoms with van der Waals surface area (Å²) in [5, 5.41) is 3.01. The second kappa shape index (κ2) is 4.59. The van der Waals surface area contributed by atoms with Crippen molar-refractivity contribution in [2.45, 2.75) is 33.4 Å². The number of nitrogens with zero attached hydrogens (tertiary/aromatic N) is 2. The SMILES string of the molecule is CCn1c(Br)cnc(NC(C)C)c1=O.